The number of H-pyrrole nitrogens is 1. The number of nitrogens with one attached hydrogen (secondary N) is 1. The molecule has 0 saturated heterocycles. The number of rotatable bonds is 3. The van der Waals surface area contributed by atoms with E-state index in [1.807, 2.05) is 6.07 Å². The van der Waals surface area contributed by atoms with Crippen molar-refractivity contribution in [2.24, 2.45) is 5.92 Å². The number of aromatic nitrogens is 3. The summed E-state index contributed by atoms with van der Waals surface area (Å²) in [5, 5.41) is 10.1. The van der Waals surface area contributed by atoms with E-state index >= 15 is 0 Å². The molecule has 2 aromatic heterocycles. The summed E-state index contributed by atoms with van der Waals surface area (Å²) in [5.41, 5.74) is 0.619. The highest BCUT2D eigenvalue weighted by Gasteiger charge is 2.16. The second-order valence-corrected chi connectivity index (χ2v) is 5.42. The van der Waals surface area contributed by atoms with Crippen molar-refractivity contribution < 1.29 is 0 Å². The van der Waals surface area contributed by atoms with E-state index < -0.39 is 0 Å². The summed E-state index contributed by atoms with van der Waals surface area (Å²) >= 11 is 1.54. The van der Waals surface area contributed by atoms with Crippen LogP contribution in [0.2, 0.25) is 0 Å². The zero-order valence-corrected chi connectivity index (χ0v) is 10.9. The van der Waals surface area contributed by atoms with Gasteiger partial charge in [0.15, 0.2) is 5.01 Å². The monoisotopic (exact) mass is 249 g/mol. The molecule has 0 fully saturated rings. The number of aromatic amines is 1. The molecule has 0 bridgehead atoms. The average Bonchev–Trinajstić information content (AvgIpc) is 2.77. The average molecular weight is 249 g/mol. The van der Waals surface area contributed by atoms with Crippen LogP contribution in [0.1, 0.15) is 31.7 Å². The first-order valence-corrected chi connectivity index (χ1v) is 6.42. The van der Waals surface area contributed by atoms with Crippen molar-refractivity contribution in [3.05, 3.63) is 33.6 Å². The minimum atomic E-state index is -0.115. The first kappa shape index (κ1) is 12.0. The van der Waals surface area contributed by atoms with Gasteiger partial charge < -0.3 is 4.98 Å². The fraction of sp³-hybridized carbons (Fsp3) is 0.417. The van der Waals surface area contributed by atoms with Crippen LogP contribution in [0.25, 0.3) is 10.7 Å². The van der Waals surface area contributed by atoms with Gasteiger partial charge >= 0.3 is 0 Å². The van der Waals surface area contributed by atoms with Crippen LogP contribution in [0, 0.1) is 5.92 Å². The van der Waals surface area contributed by atoms with E-state index in [4.69, 9.17) is 0 Å². The highest BCUT2D eigenvalue weighted by molar-refractivity contribution is 7.14. The van der Waals surface area contributed by atoms with E-state index in [0.717, 1.165) is 15.7 Å². The Balaban J connectivity index is 2.33. The Bertz CT molecular complexity index is 559. The fourth-order valence-corrected chi connectivity index (χ4v) is 2.43. The maximum Gasteiger partial charge on any atom is 0.248 e. The summed E-state index contributed by atoms with van der Waals surface area (Å²) in [6.45, 7) is 6.47. The Morgan fingerprint density at radius 3 is 2.65 bits per heavy atom. The normalized spacial score (nSPS) is 12.9. The third-order valence-electron chi connectivity index (χ3n) is 2.83. The molecule has 4 nitrogen and oxygen atoms in total. The smallest absolute Gasteiger partial charge is 0.248 e. The van der Waals surface area contributed by atoms with Crippen LogP contribution >= 0.6 is 11.3 Å². The second-order valence-electron chi connectivity index (χ2n) is 4.41. The molecule has 2 heterocycles. The molecule has 17 heavy (non-hydrogen) atoms. The molecule has 0 aliphatic heterocycles. The molecule has 0 aromatic carbocycles. The summed E-state index contributed by atoms with van der Waals surface area (Å²) < 4.78 is 0. The maximum atomic E-state index is 11.2. The fourth-order valence-electron chi connectivity index (χ4n) is 1.39. The molecule has 1 atom stereocenters. The molecule has 1 N–H and O–H groups in total. The Labute approximate surface area is 104 Å². The number of pyridine rings is 1. The van der Waals surface area contributed by atoms with Crippen LogP contribution in [0.3, 0.4) is 0 Å². The van der Waals surface area contributed by atoms with Crippen molar-refractivity contribution >= 4 is 11.3 Å². The van der Waals surface area contributed by atoms with Gasteiger partial charge in [-0.15, -0.1) is 10.2 Å². The zero-order chi connectivity index (χ0) is 12.4. The van der Waals surface area contributed by atoms with E-state index in [-0.39, 0.29) is 5.56 Å². The molecule has 2 rings (SSSR count). The SMILES string of the molecule is CC(C)C(C)c1nnc(-c2cccc(=O)[nH]2)s1. The van der Waals surface area contributed by atoms with Crippen LogP contribution < -0.4 is 5.56 Å². The quantitative estimate of drug-likeness (QED) is 0.909. The number of hydrogen-bond acceptors (Lipinski definition) is 4. The minimum Gasteiger partial charge on any atom is -0.320 e. The van der Waals surface area contributed by atoms with Gasteiger partial charge in [0.25, 0.3) is 0 Å². The predicted octanol–water partition coefficient (Wildman–Crippen LogP) is 2.65. The summed E-state index contributed by atoms with van der Waals surface area (Å²) in [4.78, 5) is 14.0. The lowest BCUT2D eigenvalue weighted by atomic mass is 9.99. The van der Waals surface area contributed by atoms with Crippen LogP contribution in [0.5, 0.6) is 0 Å². The molecule has 0 radical (unpaired) electrons. The van der Waals surface area contributed by atoms with Crippen molar-refractivity contribution in [2.75, 3.05) is 0 Å². The van der Waals surface area contributed by atoms with Crippen molar-refractivity contribution in [1.82, 2.24) is 15.2 Å². The van der Waals surface area contributed by atoms with Gasteiger partial charge in [0.1, 0.15) is 5.01 Å². The topological polar surface area (TPSA) is 58.6 Å². The standard InChI is InChI=1S/C12H15N3OS/c1-7(2)8(3)11-14-15-12(17-11)9-5-4-6-10(16)13-9/h4-8H,1-3H3,(H,13,16). The lowest BCUT2D eigenvalue weighted by molar-refractivity contribution is 0.529. The lowest BCUT2D eigenvalue weighted by Crippen LogP contribution is -2.03. The van der Waals surface area contributed by atoms with Gasteiger partial charge in [-0.2, -0.15) is 0 Å². The van der Waals surface area contributed by atoms with Crippen molar-refractivity contribution in [3.63, 3.8) is 0 Å². The summed E-state index contributed by atoms with van der Waals surface area (Å²) in [5.74, 6) is 0.919. The van der Waals surface area contributed by atoms with Gasteiger partial charge in [-0.1, -0.05) is 38.2 Å². The van der Waals surface area contributed by atoms with Gasteiger partial charge in [0, 0.05) is 12.0 Å². The molecule has 0 saturated carbocycles. The van der Waals surface area contributed by atoms with Crippen molar-refractivity contribution in [2.45, 2.75) is 26.7 Å². The highest BCUT2D eigenvalue weighted by atomic mass is 32.1. The van der Waals surface area contributed by atoms with Crippen LogP contribution in [0.4, 0.5) is 0 Å². The molecular weight excluding hydrogens is 234 g/mol. The zero-order valence-electron chi connectivity index (χ0n) is 10.1. The van der Waals surface area contributed by atoms with Gasteiger partial charge in [-0.3, -0.25) is 4.79 Å². The minimum absolute atomic E-state index is 0.115. The van der Waals surface area contributed by atoms with E-state index in [2.05, 4.69) is 36.0 Å². The summed E-state index contributed by atoms with van der Waals surface area (Å²) in [7, 11) is 0. The molecule has 0 spiro atoms. The van der Waals surface area contributed by atoms with E-state index in [1.54, 1.807) is 6.07 Å². The molecule has 1 unspecified atom stereocenters. The van der Waals surface area contributed by atoms with Gasteiger partial charge in [0.2, 0.25) is 5.56 Å². The van der Waals surface area contributed by atoms with Crippen LogP contribution in [-0.4, -0.2) is 15.2 Å². The maximum absolute atomic E-state index is 11.2. The highest BCUT2D eigenvalue weighted by Crippen LogP contribution is 2.29. The van der Waals surface area contributed by atoms with E-state index in [0.29, 0.717) is 11.8 Å². The molecule has 0 aliphatic rings. The van der Waals surface area contributed by atoms with E-state index in [9.17, 15) is 4.79 Å². The predicted molar refractivity (Wildman–Crippen MR) is 69.2 cm³/mol. The van der Waals surface area contributed by atoms with Gasteiger partial charge in [-0.25, -0.2) is 0 Å². The summed E-state index contributed by atoms with van der Waals surface area (Å²) in [6.07, 6.45) is 0. The van der Waals surface area contributed by atoms with Crippen LogP contribution in [-0.2, 0) is 0 Å². The van der Waals surface area contributed by atoms with Crippen molar-refractivity contribution in [1.29, 1.82) is 0 Å². The molecule has 5 heteroatoms. The third-order valence-corrected chi connectivity index (χ3v) is 3.99. The Morgan fingerprint density at radius 2 is 2.00 bits per heavy atom. The number of hydrogen-bond donors (Lipinski definition) is 1. The first-order chi connectivity index (χ1) is 8.08. The van der Waals surface area contributed by atoms with E-state index in [1.165, 1.54) is 17.4 Å². The molecule has 90 valence electrons. The lowest BCUT2D eigenvalue weighted by Gasteiger charge is -2.10. The number of nitrogens with zero attached hydrogens (tertiary/aromatic N) is 2. The summed E-state index contributed by atoms with van der Waals surface area (Å²) in [6, 6.07) is 5.05. The molecule has 0 aliphatic carbocycles. The molecule has 0 amide bonds. The molecular formula is C12H15N3OS. The largest absolute Gasteiger partial charge is 0.320 e. The molecule has 2 aromatic rings. The Hall–Kier alpha value is -1.49. The Morgan fingerprint density at radius 1 is 1.24 bits per heavy atom. The third kappa shape index (κ3) is 2.61. The van der Waals surface area contributed by atoms with Crippen molar-refractivity contribution in [3.8, 4) is 10.7 Å². The van der Waals surface area contributed by atoms with Gasteiger partial charge in [-0.05, 0) is 12.0 Å². The van der Waals surface area contributed by atoms with Gasteiger partial charge in [0.05, 0.1) is 5.69 Å². The first-order valence-electron chi connectivity index (χ1n) is 5.61. The Kier molecular flexibility index (Phi) is 3.38. The second kappa shape index (κ2) is 4.79. The van der Waals surface area contributed by atoms with Crippen LogP contribution in [0.15, 0.2) is 23.0 Å².